The molecule has 3 rings (SSSR count). The molecule has 0 spiro atoms. The molecule has 0 radical (unpaired) electrons. The summed E-state index contributed by atoms with van der Waals surface area (Å²) in [5.74, 6) is -1.10. The van der Waals surface area contributed by atoms with Crippen LogP contribution in [-0.4, -0.2) is 16.3 Å². The molecular formula is C17H14FN5O2S. The number of carbonyl (C=O) groups is 2. The van der Waals surface area contributed by atoms with Crippen LogP contribution in [0.25, 0.3) is 10.4 Å². The van der Waals surface area contributed by atoms with Gasteiger partial charge in [0.05, 0.1) is 10.6 Å². The highest BCUT2D eigenvalue weighted by Gasteiger charge is 2.18. The van der Waals surface area contributed by atoms with Crippen molar-refractivity contribution in [3.8, 4) is 10.4 Å². The summed E-state index contributed by atoms with van der Waals surface area (Å²) >= 11 is 1.06. The number of benzene rings is 2. The fourth-order valence-corrected chi connectivity index (χ4v) is 3.11. The van der Waals surface area contributed by atoms with Gasteiger partial charge in [-0.3, -0.25) is 4.79 Å². The van der Waals surface area contributed by atoms with Gasteiger partial charge < -0.3 is 22.1 Å². The maximum Gasteiger partial charge on any atom is 0.323 e. The van der Waals surface area contributed by atoms with Gasteiger partial charge in [0.2, 0.25) is 0 Å². The Morgan fingerprint density at radius 2 is 1.73 bits per heavy atom. The molecule has 0 fully saturated rings. The number of hydrogen-bond acceptors (Lipinski definition) is 5. The lowest BCUT2D eigenvalue weighted by molar-refractivity contribution is 0.100. The summed E-state index contributed by atoms with van der Waals surface area (Å²) in [5, 5.41) is 5.02. The van der Waals surface area contributed by atoms with Gasteiger partial charge in [-0.2, -0.15) is 4.37 Å². The standard InChI is InChI=1S/C17H14FN5O2S/c18-11-3-1-2-4-12(11)22-17(25)21-10-7-5-9(6-8-10)14-13(16(20)24)15(19)23-26-14/h1-8H,(H2,19,23)(H2,20,24)(H2,21,22,25). The Labute approximate surface area is 152 Å². The third kappa shape index (κ3) is 3.62. The Morgan fingerprint density at radius 1 is 1.04 bits per heavy atom. The number of aromatic nitrogens is 1. The van der Waals surface area contributed by atoms with E-state index < -0.39 is 17.8 Å². The highest BCUT2D eigenvalue weighted by molar-refractivity contribution is 7.10. The smallest absolute Gasteiger partial charge is 0.323 e. The topological polar surface area (TPSA) is 123 Å². The van der Waals surface area contributed by atoms with Gasteiger partial charge in [0.15, 0.2) is 5.82 Å². The second-order valence-corrected chi connectivity index (χ2v) is 6.05. The molecular weight excluding hydrogens is 357 g/mol. The van der Waals surface area contributed by atoms with E-state index in [4.69, 9.17) is 11.5 Å². The first-order valence-corrected chi connectivity index (χ1v) is 8.21. The van der Waals surface area contributed by atoms with Gasteiger partial charge in [-0.25, -0.2) is 9.18 Å². The third-order valence-corrected chi connectivity index (χ3v) is 4.40. The number of anilines is 3. The zero-order valence-electron chi connectivity index (χ0n) is 13.3. The molecule has 0 aliphatic rings. The SMILES string of the molecule is NC(=O)c1c(N)nsc1-c1ccc(NC(=O)Nc2ccccc2F)cc1. The van der Waals surface area contributed by atoms with E-state index in [1.54, 1.807) is 30.3 Å². The van der Waals surface area contributed by atoms with E-state index in [2.05, 4.69) is 15.0 Å². The van der Waals surface area contributed by atoms with Crippen molar-refractivity contribution in [2.24, 2.45) is 5.73 Å². The average Bonchev–Trinajstić information content (AvgIpc) is 2.99. The van der Waals surface area contributed by atoms with Gasteiger partial charge in [0.1, 0.15) is 11.4 Å². The molecule has 0 saturated heterocycles. The summed E-state index contributed by atoms with van der Waals surface area (Å²) in [6.45, 7) is 0. The second-order valence-electron chi connectivity index (χ2n) is 5.27. The lowest BCUT2D eigenvalue weighted by Crippen LogP contribution is -2.20. The molecule has 0 unspecified atom stereocenters. The first kappa shape index (κ1) is 17.4. The van der Waals surface area contributed by atoms with E-state index in [9.17, 15) is 14.0 Å². The largest absolute Gasteiger partial charge is 0.382 e. The molecule has 3 amide bonds. The molecule has 7 nitrogen and oxygen atoms in total. The first-order chi connectivity index (χ1) is 12.5. The predicted octanol–water partition coefficient (Wildman–Crippen LogP) is 3.27. The van der Waals surface area contributed by atoms with Crippen LogP contribution in [0.1, 0.15) is 10.4 Å². The molecule has 2 aromatic carbocycles. The summed E-state index contributed by atoms with van der Waals surface area (Å²) < 4.78 is 17.5. The summed E-state index contributed by atoms with van der Waals surface area (Å²) in [4.78, 5) is 24.0. The summed E-state index contributed by atoms with van der Waals surface area (Å²) in [7, 11) is 0. The van der Waals surface area contributed by atoms with Crippen LogP contribution in [0.5, 0.6) is 0 Å². The number of hydrogen-bond donors (Lipinski definition) is 4. The molecule has 0 saturated carbocycles. The van der Waals surface area contributed by atoms with Crippen LogP contribution in [-0.2, 0) is 0 Å². The van der Waals surface area contributed by atoms with Crippen LogP contribution >= 0.6 is 11.5 Å². The minimum atomic E-state index is -0.655. The van der Waals surface area contributed by atoms with Gasteiger partial charge in [-0.1, -0.05) is 24.3 Å². The molecule has 0 aliphatic heterocycles. The van der Waals surface area contributed by atoms with Crippen LogP contribution in [0.2, 0.25) is 0 Å². The van der Waals surface area contributed by atoms with Gasteiger partial charge >= 0.3 is 6.03 Å². The normalized spacial score (nSPS) is 10.3. The Bertz CT molecular complexity index is 972. The van der Waals surface area contributed by atoms with E-state index in [1.165, 1.54) is 18.2 Å². The molecule has 0 atom stereocenters. The van der Waals surface area contributed by atoms with E-state index in [0.717, 1.165) is 11.5 Å². The van der Waals surface area contributed by atoms with Gasteiger partial charge in [0, 0.05) is 5.69 Å². The quantitative estimate of drug-likeness (QED) is 0.562. The Hall–Kier alpha value is -3.46. The number of nitrogens with two attached hydrogens (primary N) is 2. The number of urea groups is 1. The summed E-state index contributed by atoms with van der Waals surface area (Å²) in [5.41, 5.74) is 12.4. The number of nitrogen functional groups attached to an aromatic ring is 1. The Balaban J connectivity index is 1.73. The van der Waals surface area contributed by atoms with Gasteiger partial charge in [-0.15, -0.1) is 0 Å². The molecule has 0 aliphatic carbocycles. The number of halogens is 1. The number of para-hydroxylation sites is 1. The molecule has 26 heavy (non-hydrogen) atoms. The zero-order valence-corrected chi connectivity index (χ0v) is 14.1. The molecule has 1 aromatic heterocycles. The summed E-state index contributed by atoms with van der Waals surface area (Å²) in [6, 6.07) is 11.9. The molecule has 1 heterocycles. The lowest BCUT2D eigenvalue weighted by atomic mass is 10.1. The van der Waals surface area contributed by atoms with Crippen LogP contribution in [0, 0.1) is 5.82 Å². The van der Waals surface area contributed by atoms with Crippen LogP contribution in [0.3, 0.4) is 0 Å². The highest BCUT2D eigenvalue weighted by Crippen LogP contribution is 2.32. The van der Waals surface area contributed by atoms with Crippen LogP contribution in [0.4, 0.5) is 26.4 Å². The van der Waals surface area contributed by atoms with Crippen LogP contribution in [0.15, 0.2) is 48.5 Å². The van der Waals surface area contributed by atoms with Crippen molar-refractivity contribution in [3.05, 3.63) is 59.9 Å². The molecule has 9 heteroatoms. The fourth-order valence-electron chi connectivity index (χ4n) is 2.29. The van der Waals surface area contributed by atoms with Crippen molar-refractivity contribution in [2.45, 2.75) is 0 Å². The molecule has 0 bridgehead atoms. The number of nitrogens with zero attached hydrogens (tertiary/aromatic N) is 1. The third-order valence-electron chi connectivity index (χ3n) is 3.49. The predicted molar refractivity (Wildman–Crippen MR) is 99.5 cm³/mol. The van der Waals surface area contributed by atoms with E-state index >= 15 is 0 Å². The second kappa shape index (κ2) is 7.19. The Kier molecular flexibility index (Phi) is 4.81. The van der Waals surface area contributed by atoms with Crippen molar-refractivity contribution in [1.82, 2.24) is 4.37 Å². The van der Waals surface area contributed by atoms with Crippen LogP contribution < -0.4 is 22.1 Å². The van der Waals surface area contributed by atoms with E-state index in [-0.39, 0.29) is 17.1 Å². The number of carbonyl (C=O) groups excluding carboxylic acids is 2. The average molecular weight is 371 g/mol. The minimum Gasteiger partial charge on any atom is -0.382 e. The van der Waals surface area contributed by atoms with Crippen molar-refractivity contribution in [2.75, 3.05) is 16.4 Å². The lowest BCUT2D eigenvalue weighted by Gasteiger charge is -2.09. The fraction of sp³-hybridized carbons (Fsp3) is 0. The van der Waals surface area contributed by atoms with E-state index in [1.807, 2.05) is 0 Å². The van der Waals surface area contributed by atoms with Crippen molar-refractivity contribution < 1.29 is 14.0 Å². The molecule has 6 N–H and O–H groups in total. The Morgan fingerprint density at radius 3 is 2.38 bits per heavy atom. The maximum atomic E-state index is 13.5. The minimum absolute atomic E-state index is 0.0767. The number of rotatable bonds is 4. The molecule has 3 aromatic rings. The van der Waals surface area contributed by atoms with E-state index in [0.29, 0.717) is 16.1 Å². The molecule has 132 valence electrons. The monoisotopic (exact) mass is 371 g/mol. The van der Waals surface area contributed by atoms with Crippen molar-refractivity contribution in [3.63, 3.8) is 0 Å². The van der Waals surface area contributed by atoms with Crippen molar-refractivity contribution in [1.29, 1.82) is 0 Å². The van der Waals surface area contributed by atoms with Gasteiger partial charge in [-0.05, 0) is 41.4 Å². The maximum absolute atomic E-state index is 13.5. The highest BCUT2D eigenvalue weighted by atomic mass is 32.1. The van der Waals surface area contributed by atoms with Crippen molar-refractivity contribution >= 4 is 40.7 Å². The van der Waals surface area contributed by atoms with Gasteiger partial charge in [0.25, 0.3) is 5.91 Å². The first-order valence-electron chi connectivity index (χ1n) is 7.43. The summed E-state index contributed by atoms with van der Waals surface area (Å²) in [6.07, 6.45) is 0. The number of primary amides is 1. The number of amides is 3. The number of nitrogens with one attached hydrogen (secondary N) is 2. The zero-order chi connectivity index (χ0) is 18.7.